The third-order valence-corrected chi connectivity index (χ3v) is 8.73. The first-order valence-electron chi connectivity index (χ1n) is 11.9. The van der Waals surface area contributed by atoms with Crippen LogP contribution in [0, 0.1) is 12.7 Å². The minimum Gasteiger partial charge on any atom is -0.496 e. The van der Waals surface area contributed by atoms with Gasteiger partial charge in [0, 0.05) is 26.9 Å². The van der Waals surface area contributed by atoms with Crippen LogP contribution in [0.25, 0.3) is 5.69 Å². The summed E-state index contributed by atoms with van der Waals surface area (Å²) in [7, 11) is 1.70. The van der Waals surface area contributed by atoms with Crippen LogP contribution in [0.1, 0.15) is 47.8 Å². The van der Waals surface area contributed by atoms with E-state index in [0.29, 0.717) is 15.8 Å². The van der Waals surface area contributed by atoms with Gasteiger partial charge in [0.05, 0.1) is 18.5 Å². The average molecular weight is 542 g/mol. The van der Waals surface area contributed by atoms with Crippen LogP contribution in [-0.4, -0.2) is 16.7 Å². The Morgan fingerprint density at radius 2 is 1.81 bits per heavy atom. The van der Waals surface area contributed by atoms with Crippen molar-refractivity contribution in [1.82, 2.24) is 9.55 Å². The first kappa shape index (κ1) is 25.2. The topological polar surface area (TPSA) is 27.1 Å². The summed E-state index contributed by atoms with van der Waals surface area (Å²) < 4.78 is 21.6. The van der Waals surface area contributed by atoms with Crippen LogP contribution >= 0.6 is 35.0 Å². The van der Waals surface area contributed by atoms with Gasteiger partial charge in [0.15, 0.2) is 5.16 Å². The number of methoxy groups -OCH3 is 1. The first-order valence-corrected chi connectivity index (χ1v) is 13.6. The van der Waals surface area contributed by atoms with E-state index in [2.05, 4.69) is 30.5 Å². The van der Waals surface area contributed by atoms with Crippen molar-refractivity contribution in [3.63, 3.8) is 0 Å². The summed E-state index contributed by atoms with van der Waals surface area (Å²) in [5, 5.41) is 2.12. The molecule has 3 aromatic carbocycles. The number of ether oxygens (including phenoxy) is 1. The lowest BCUT2D eigenvalue weighted by Gasteiger charge is -2.36. The fourth-order valence-corrected chi connectivity index (χ4v) is 6.92. The summed E-state index contributed by atoms with van der Waals surface area (Å²) in [6.07, 6.45) is 2.92. The number of imidazole rings is 1. The molecule has 0 radical (unpaired) electrons. The zero-order valence-electron chi connectivity index (χ0n) is 20.4. The second kappa shape index (κ2) is 10.1. The Bertz CT molecular complexity index is 1400. The molecule has 1 aliphatic rings. The van der Waals surface area contributed by atoms with Crippen LogP contribution in [0.5, 0.6) is 5.75 Å². The number of hydrogen-bond donors (Lipinski definition) is 0. The van der Waals surface area contributed by atoms with Crippen LogP contribution in [0.2, 0.25) is 10.0 Å². The zero-order valence-corrected chi connectivity index (χ0v) is 22.8. The lowest BCUT2D eigenvalue weighted by atomic mass is 9.71. The van der Waals surface area contributed by atoms with Gasteiger partial charge in [-0.05, 0) is 92.3 Å². The first-order chi connectivity index (χ1) is 17.3. The van der Waals surface area contributed by atoms with Crippen LogP contribution < -0.4 is 4.74 Å². The molecule has 0 saturated carbocycles. The molecule has 36 heavy (non-hydrogen) atoms. The quantitative estimate of drug-likeness (QED) is 0.229. The van der Waals surface area contributed by atoms with Gasteiger partial charge >= 0.3 is 0 Å². The fourth-order valence-electron chi connectivity index (χ4n) is 5.15. The second-order valence-electron chi connectivity index (χ2n) is 9.36. The molecule has 0 saturated heterocycles. The van der Waals surface area contributed by atoms with E-state index in [1.165, 1.54) is 17.7 Å². The van der Waals surface area contributed by atoms with E-state index in [1.807, 2.05) is 36.4 Å². The zero-order chi connectivity index (χ0) is 25.4. The monoisotopic (exact) mass is 540 g/mol. The molecule has 4 aromatic rings. The molecule has 0 aliphatic heterocycles. The highest BCUT2D eigenvalue weighted by molar-refractivity contribution is 7.98. The number of aromatic nitrogens is 2. The Labute approximate surface area is 225 Å². The highest BCUT2D eigenvalue weighted by atomic mass is 35.5. The number of hydrogen-bond acceptors (Lipinski definition) is 3. The second-order valence-corrected chi connectivity index (χ2v) is 11.1. The maximum Gasteiger partial charge on any atom is 0.173 e. The molecular weight excluding hydrogens is 514 g/mol. The van der Waals surface area contributed by atoms with Crippen molar-refractivity contribution < 1.29 is 9.13 Å². The molecule has 1 atom stereocenters. The lowest BCUT2D eigenvalue weighted by molar-refractivity contribution is 0.409. The summed E-state index contributed by atoms with van der Waals surface area (Å²) in [5.41, 5.74) is 6.04. The smallest absolute Gasteiger partial charge is 0.173 e. The largest absolute Gasteiger partial charge is 0.496 e. The molecule has 186 valence electrons. The highest BCUT2D eigenvalue weighted by Crippen LogP contribution is 2.46. The third-order valence-electron chi connectivity index (χ3n) is 7.06. The van der Waals surface area contributed by atoms with Crippen molar-refractivity contribution in [2.75, 3.05) is 7.11 Å². The SMILES string of the molecule is COc1ccc(C2(C)CCCc3nc(SCc4c(Cl)cccc4Cl)n(-c4ccc(F)cc4)c32)cc1C. The summed E-state index contributed by atoms with van der Waals surface area (Å²) in [4.78, 5) is 5.12. The van der Waals surface area contributed by atoms with E-state index in [9.17, 15) is 4.39 Å². The van der Waals surface area contributed by atoms with E-state index in [4.69, 9.17) is 32.9 Å². The van der Waals surface area contributed by atoms with E-state index < -0.39 is 0 Å². The number of benzene rings is 3. The van der Waals surface area contributed by atoms with Crippen molar-refractivity contribution in [3.05, 3.63) is 105 Å². The molecule has 0 bridgehead atoms. The minimum atomic E-state index is -0.271. The molecule has 1 aliphatic carbocycles. The Kier molecular flexibility index (Phi) is 7.08. The fraction of sp³-hybridized carbons (Fsp3) is 0.276. The van der Waals surface area contributed by atoms with Crippen LogP contribution in [0.4, 0.5) is 4.39 Å². The van der Waals surface area contributed by atoms with E-state index >= 15 is 0 Å². The van der Waals surface area contributed by atoms with Crippen LogP contribution in [-0.2, 0) is 17.6 Å². The summed E-state index contributed by atoms with van der Waals surface area (Å²) in [5.74, 6) is 1.19. The molecule has 7 heteroatoms. The molecule has 5 rings (SSSR count). The average Bonchev–Trinajstić information content (AvgIpc) is 3.24. The van der Waals surface area contributed by atoms with Crippen molar-refractivity contribution in [1.29, 1.82) is 0 Å². The van der Waals surface area contributed by atoms with Gasteiger partial charge in [0.2, 0.25) is 0 Å². The summed E-state index contributed by atoms with van der Waals surface area (Å²) in [6, 6.07) is 18.6. The number of nitrogens with zero attached hydrogens (tertiary/aromatic N) is 2. The molecule has 3 nitrogen and oxygen atoms in total. The number of halogens is 3. The summed E-state index contributed by atoms with van der Waals surface area (Å²) >= 11 is 14.5. The van der Waals surface area contributed by atoms with Gasteiger partial charge in [0.1, 0.15) is 11.6 Å². The Hall–Kier alpha value is -2.47. The molecular formula is C29H27Cl2FN2OS. The molecule has 1 unspecified atom stereocenters. The Balaban J connectivity index is 1.66. The van der Waals surface area contributed by atoms with Crippen LogP contribution in [0.3, 0.4) is 0 Å². The van der Waals surface area contributed by atoms with E-state index in [0.717, 1.165) is 58.4 Å². The Morgan fingerprint density at radius 3 is 2.47 bits per heavy atom. The normalized spacial score (nSPS) is 17.2. The minimum absolute atomic E-state index is 0.265. The molecule has 0 fully saturated rings. The number of rotatable bonds is 6. The standard InChI is InChI=1S/C29H27Cl2FN2OS/c1-18-16-19(9-14-26(18)35-3)29(2)15-5-8-25-27(29)34(21-12-10-20(32)11-13-21)28(33-25)36-17-22-23(30)6-4-7-24(22)31/h4,6-7,9-14,16H,5,8,15,17H2,1-3H3. The highest BCUT2D eigenvalue weighted by Gasteiger charge is 2.39. The van der Waals surface area contributed by atoms with Gasteiger partial charge in [-0.2, -0.15) is 0 Å². The maximum atomic E-state index is 13.9. The van der Waals surface area contributed by atoms with Gasteiger partial charge in [-0.3, -0.25) is 4.57 Å². The van der Waals surface area contributed by atoms with Crippen molar-refractivity contribution in [2.24, 2.45) is 0 Å². The third kappa shape index (κ3) is 4.53. The van der Waals surface area contributed by atoms with Gasteiger partial charge in [-0.15, -0.1) is 0 Å². The molecule has 0 spiro atoms. The Morgan fingerprint density at radius 1 is 1.08 bits per heavy atom. The van der Waals surface area contributed by atoms with E-state index in [-0.39, 0.29) is 11.2 Å². The van der Waals surface area contributed by atoms with Crippen LogP contribution in [0.15, 0.2) is 65.8 Å². The van der Waals surface area contributed by atoms with Gasteiger partial charge in [0.25, 0.3) is 0 Å². The molecule has 1 aromatic heterocycles. The molecule has 1 heterocycles. The van der Waals surface area contributed by atoms with Crippen molar-refractivity contribution in [3.8, 4) is 11.4 Å². The number of thioether (sulfide) groups is 1. The predicted molar refractivity (Wildman–Crippen MR) is 147 cm³/mol. The van der Waals surface area contributed by atoms with Crippen molar-refractivity contribution >= 4 is 35.0 Å². The lowest BCUT2D eigenvalue weighted by Crippen LogP contribution is -2.31. The maximum absolute atomic E-state index is 13.9. The van der Waals surface area contributed by atoms with Gasteiger partial charge < -0.3 is 4.74 Å². The summed E-state index contributed by atoms with van der Waals surface area (Å²) in [6.45, 7) is 4.36. The van der Waals surface area contributed by atoms with Crippen molar-refractivity contribution in [2.45, 2.75) is 49.4 Å². The number of aryl methyl sites for hydroxylation is 2. The molecule has 0 N–H and O–H groups in total. The molecule has 0 amide bonds. The van der Waals surface area contributed by atoms with Gasteiger partial charge in [-0.25, -0.2) is 9.37 Å². The number of fused-ring (bicyclic) bond motifs is 1. The van der Waals surface area contributed by atoms with E-state index in [1.54, 1.807) is 18.9 Å². The predicted octanol–water partition coefficient (Wildman–Crippen LogP) is 8.57. The van der Waals surface area contributed by atoms with Gasteiger partial charge in [-0.1, -0.05) is 53.2 Å².